The molecule has 26 heavy (non-hydrogen) atoms. The van der Waals surface area contributed by atoms with E-state index in [0.717, 1.165) is 43.6 Å². The minimum absolute atomic E-state index is 0.0541. The van der Waals surface area contributed by atoms with Crippen LogP contribution in [-0.2, 0) is 4.79 Å². The van der Waals surface area contributed by atoms with Gasteiger partial charge in [-0.15, -0.1) is 22.7 Å². The summed E-state index contributed by atoms with van der Waals surface area (Å²) in [6.07, 6.45) is 3.92. The van der Waals surface area contributed by atoms with Crippen LogP contribution in [0.25, 0.3) is 10.2 Å². The second-order valence-corrected chi connectivity index (χ2v) is 9.34. The first-order chi connectivity index (χ1) is 12.5. The fraction of sp³-hybridized carbons (Fsp3) is 0.278. The molecule has 0 saturated heterocycles. The van der Waals surface area contributed by atoms with Crippen molar-refractivity contribution in [3.05, 3.63) is 34.7 Å². The number of hydrogen-bond donors (Lipinski definition) is 2. The maximum Gasteiger partial charge on any atom is 0.266 e. The molecule has 0 aliphatic heterocycles. The van der Waals surface area contributed by atoms with Crippen molar-refractivity contribution in [3.63, 3.8) is 0 Å². The van der Waals surface area contributed by atoms with Crippen LogP contribution in [0.3, 0.4) is 0 Å². The number of hydrogen-bond acceptors (Lipinski definition) is 6. The molecule has 5 nitrogen and oxygen atoms in total. The molecule has 1 aliphatic carbocycles. The fourth-order valence-electron chi connectivity index (χ4n) is 2.59. The Morgan fingerprint density at radius 3 is 2.73 bits per heavy atom. The summed E-state index contributed by atoms with van der Waals surface area (Å²) in [5.41, 5.74) is 2.55. The topological polar surface area (TPSA) is 71.1 Å². The zero-order valence-corrected chi connectivity index (χ0v) is 16.7. The van der Waals surface area contributed by atoms with Crippen molar-refractivity contribution in [2.24, 2.45) is 5.92 Å². The highest BCUT2D eigenvalue weighted by Gasteiger charge is 2.30. The molecule has 134 valence electrons. The number of benzene rings is 1. The van der Waals surface area contributed by atoms with Gasteiger partial charge in [0.05, 0.1) is 20.1 Å². The van der Waals surface area contributed by atoms with Gasteiger partial charge in [-0.1, -0.05) is 11.8 Å². The van der Waals surface area contributed by atoms with Crippen molar-refractivity contribution in [3.8, 4) is 0 Å². The predicted octanol–water partition coefficient (Wildman–Crippen LogP) is 4.99. The molecule has 0 unspecified atom stereocenters. The Balaban J connectivity index is 1.50. The van der Waals surface area contributed by atoms with Gasteiger partial charge in [-0.25, -0.2) is 4.98 Å². The van der Waals surface area contributed by atoms with E-state index < -0.39 is 0 Å². The van der Waals surface area contributed by atoms with Gasteiger partial charge >= 0.3 is 0 Å². The summed E-state index contributed by atoms with van der Waals surface area (Å²) < 4.78 is 2.06. The molecule has 2 heterocycles. The third-order valence-electron chi connectivity index (χ3n) is 4.12. The Bertz CT molecular complexity index is 1000. The SMILES string of the molecule is CSc1nc2ccc(NC(=O)c3sc(NC(=O)C4CC4)cc3C)cc2s1. The maximum atomic E-state index is 12.6. The van der Waals surface area contributed by atoms with Crippen molar-refractivity contribution < 1.29 is 9.59 Å². The van der Waals surface area contributed by atoms with Crippen LogP contribution >= 0.6 is 34.4 Å². The molecule has 2 N–H and O–H groups in total. The number of carbonyl (C=O) groups excluding carboxylic acids is 2. The van der Waals surface area contributed by atoms with Crippen LogP contribution in [0.15, 0.2) is 28.6 Å². The molecular formula is C18H17N3O2S3. The number of carbonyl (C=O) groups is 2. The Hall–Kier alpha value is -1.90. The first-order valence-electron chi connectivity index (χ1n) is 8.20. The van der Waals surface area contributed by atoms with E-state index in [-0.39, 0.29) is 17.7 Å². The summed E-state index contributed by atoms with van der Waals surface area (Å²) >= 11 is 4.54. The van der Waals surface area contributed by atoms with Crippen LogP contribution in [0.4, 0.5) is 10.7 Å². The zero-order chi connectivity index (χ0) is 18.3. The third-order valence-corrected chi connectivity index (χ3v) is 7.27. The summed E-state index contributed by atoms with van der Waals surface area (Å²) in [5.74, 6) is 0.0406. The monoisotopic (exact) mass is 403 g/mol. The molecule has 0 atom stereocenters. The van der Waals surface area contributed by atoms with Crippen molar-refractivity contribution in [1.29, 1.82) is 0 Å². The van der Waals surface area contributed by atoms with E-state index in [1.165, 1.54) is 11.3 Å². The molecular weight excluding hydrogens is 386 g/mol. The second kappa shape index (κ2) is 7.02. The number of thiophene rings is 1. The highest BCUT2D eigenvalue weighted by molar-refractivity contribution is 8.00. The number of nitrogens with one attached hydrogen (secondary N) is 2. The van der Waals surface area contributed by atoms with E-state index in [2.05, 4.69) is 15.6 Å². The van der Waals surface area contributed by atoms with Crippen molar-refractivity contribution in [1.82, 2.24) is 4.98 Å². The summed E-state index contributed by atoms with van der Waals surface area (Å²) in [6.45, 7) is 1.88. The molecule has 1 fully saturated rings. The number of aryl methyl sites for hydroxylation is 1. The Labute approximate surface area is 163 Å². The molecule has 0 bridgehead atoms. The van der Waals surface area contributed by atoms with Gasteiger partial charge < -0.3 is 10.6 Å². The minimum atomic E-state index is -0.159. The lowest BCUT2D eigenvalue weighted by atomic mass is 10.2. The number of thioether (sulfide) groups is 1. The van der Waals surface area contributed by atoms with Crippen molar-refractivity contribution >= 4 is 67.2 Å². The van der Waals surface area contributed by atoms with Gasteiger partial charge in [-0.2, -0.15) is 0 Å². The predicted molar refractivity (Wildman–Crippen MR) is 110 cm³/mol. The average molecular weight is 404 g/mol. The number of fused-ring (bicyclic) bond motifs is 1. The number of aromatic nitrogens is 1. The minimum Gasteiger partial charge on any atom is -0.321 e. The molecule has 4 rings (SSSR count). The van der Waals surface area contributed by atoms with Gasteiger partial charge in [-0.05, 0) is 55.9 Å². The van der Waals surface area contributed by atoms with Crippen LogP contribution in [0.2, 0.25) is 0 Å². The lowest BCUT2D eigenvalue weighted by Gasteiger charge is -2.04. The van der Waals surface area contributed by atoms with Crippen LogP contribution in [0, 0.1) is 12.8 Å². The highest BCUT2D eigenvalue weighted by Crippen LogP contribution is 2.34. The smallest absolute Gasteiger partial charge is 0.266 e. The third kappa shape index (κ3) is 3.62. The number of nitrogens with zero attached hydrogens (tertiary/aromatic N) is 1. The van der Waals surface area contributed by atoms with Gasteiger partial charge in [0.1, 0.15) is 0 Å². The van der Waals surface area contributed by atoms with Gasteiger partial charge in [0, 0.05) is 11.6 Å². The molecule has 8 heteroatoms. The quantitative estimate of drug-likeness (QED) is 0.589. The van der Waals surface area contributed by atoms with E-state index in [1.54, 1.807) is 23.1 Å². The first kappa shape index (κ1) is 17.5. The molecule has 0 radical (unpaired) electrons. The van der Waals surface area contributed by atoms with Crippen LogP contribution in [-0.4, -0.2) is 23.1 Å². The highest BCUT2D eigenvalue weighted by atomic mass is 32.2. The molecule has 3 aromatic rings. The summed E-state index contributed by atoms with van der Waals surface area (Å²) in [4.78, 5) is 29.7. The van der Waals surface area contributed by atoms with Crippen LogP contribution in [0.5, 0.6) is 0 Å². The standard InChI is InChI=1S/C18H17N3O2S3/c1-9-7-14(21-16(22)10-3-4-10)26-15(9)17(23)19-11-5-6-12-13(8-11)25-18(20-12)24-2/h5-8,10H,3-4H2,1-2H3,(H,19,23)(H,21,22). The Kier molecular flexibility index (Phi) is 4.73. The molecule has 2 aromatic heterocycles. The van der Waals surface area contributed by atoms with E-state index >= 15 is 0 Å². The van der Waals surface area contributed by atoms with E-state index in [1.807, 2.05) is 37.4 Å². The molecule has 0 spiro atoms. The summed E-state index contributed by atoms with van der Waals surface area (Å²) in [7, 11) is 0. The largest absolute Gasteiger partial charge is 0.321 e. The zero-order valence-electron chi connectivity index (χ0n) is 14.3. The number of amides is 2. The lowest BCUT2D eigenvalue weighted by Crippen LogP contribution is -2.12. The fourth-order valence-corrected chi connectivity index (χ4v) is 5.09. The normalized spacial score (nSPS) is 13.8. The van der Waals surface area contributed by atoms with E-state index in [9.17, 15) is 9.59 Å². The number of rotatable bonds is 5. The first-order valence-corrected chi connectivity index (χ1v) is 11.1. The van der Waals surface area contributed by atoms with Gasteiger partial charge in [-0.3, -0.25) is 9.59 Å². The van der Waals surface area contributed by atoms with Gasteiger partial charge in [0.25, 0.3) is 5.91 Å². The number of anilines is 2. The molecule has 1 aromatic carbocycles. The average Bonchev–Trinajstić information content (AvgIpc) is 3.29. The van der Waals surface area contributed by atoms with Crippen molar-refractivity contribution in [2.75, 3.05) is 16.9 Å². The molecule has 1 saturated carbocycles. The van der Waals surface area contributed by atoms with Gasteiger partial charge in [0.15, 0.2) is 4.34 Å². The van der Waals surface area contributed by atoms with Crippen LogP contribution < -0.4 is 10.6 Å². The summed E-state index contributed by atoms with van der Waals surface area (Å²) in [6, 6.07) is 7.59. The molecule has 1 aliphatic rings. The van der Waals surface area contributed by atoms with E-state index in [4.69, 9.17) is 0 Å². The number of thiazole rings is 1. The second-order valence-electron chi connectivity index (χ2n) is 6.21. The summed E-state index contributed by atoms with van der Waals surface area (Å²) in [5, 5.41) is 6.59. The lowest BCUT2D eigenvalue weighted by molar-refractivity contribution is -0.117. The maximum absolute atomic E-state index is 12.6. The Morgan fingerprint density at radius 2 is 2.00 bits per heavy atom. The van der Waals surface area contributed by atoms with E-state index in [0.29, 0.717) is 4.88 Å². The van der Waals surface area contributed by atoms with Crippen LogP contribution in [0.1, 0.15) is 28.1 Å². The van der Waals surface area contributed by atoms with Gasteiger partial charge in [0.2, 0.25) is 5.91 Å². The van der Waals surface area contributed by atoms with Crippen molar-refractivity contribution in [2.45, 2.75) is 24.1 Å². The Morgan fingerprint density at radius 1 is 1.19 bits per heavy atom. The molecule has 2 amide bonds.